The summed E-state index contributed by atoms with van der Waals surface area (Å²) in [4.78, 5) is 10.8. The molecule has 0 saturated heterocycles. The molecule has 4 nitrogen and oxygen atoms in total. The predicted molar refractivity (Wildman–Crippen MR) is 50.7 cm³/mol. The number of methoxy groups -OCH3 is 1. The first kappa shape index (κ1) is 15.2. The maximum atomic E-state index is 11.7. The summed E-state index contributed by atoms with van der Waals surface area (Å²) in [6.45, 7) is 0.154. The lowest BCUT2D eigenvalue weighted by Crippen LogP contribution is -2.32. The first-order valence-electron chi connectivity index (χ1n) is 4.84. The second-order valence-electron chi connectivity index (χ2n) is 3.25. The van der Waals surface area contributed by atoms with Crippen LogP contribution in [-0.4, -0.2) is 38.5 Å². The van der Waals surface area contributed by atoms with Crippen LogP contribution < -0.4 is 5.73 Å². The van der Waals surface area contributed by atoms with Crippen LogP contribution in [0.25, 0.3) is 0 Å². The molecular formula is C9H16F3NO3. The van der Waals surface area contributed by atoms with Gasteiger partial charge in [-0.1, -0.05) is 0 Å². The SMILES string of the molecule is COC(=O)C(N)CCOCCCC(F)(F)F. The third-order valence-electron chi connectivity index (χ3n) is 1.83. The summed E-state index contributed by atoms with van der Waals surface area (Å²) >= 11 is 0. The highest BCUT2D eigenvalue weighted by Gasteiger charge is 2.25. The molecule has 2 N–H and O–H groups in total. The number of ether oxygens (including phenoxy) is 2. The smallest absolute Gasteiger partial charge is 0.389 e. The maximum absolute atomic E-state index is 11.7. The van der Waals surface area contributed by atoms with E-state index in [9.17, 15) is 18.0 Å². The Kier molecular flexibility index (Phi) is 7.07. The maximum Gasteiger partial charge on any atom is 0.389 e. The second-order valence-corrected chi connectivity index (χ2v) is 3.25. The summed E-state index contributed by atoms with van der Waals surface area (Å²) in [5.74, 6) is -0.557. The van der Waals surface area contributed by atoms with E-state index in [1.54, 1.807) is 0 Å². The van der Waals surface area contributed by atoms with Gasteiger partial charge in [0, 0.05) is 19.6 Å². The number of rotatable bonds is 7. The summed E-state index contributed by atoms with van der Waals surface area (Å²) < 4.78 is 44.4. The topological polar surface area (TPSA) is 61.5 Å². The van der Waals surface area contributed by atoms with Gasteiger partial charge >= 0.3 is 12.1 Å². The van der Waals surface area contributed by atoms with Crippen LogP contribution in [0.15, 0.2) is 0 Å². The van der Waals surface area contributed by atoms with Crippen molar-refractivity contribution in [1.29, 1.82) is 0 Å². The van der Waals surface area contributed by atoms with Gasteiger partial charge in [0.25, 0.3) is 0 Å². The molecule has 1 unspecified atom stereocenters. The van der Waals surface area contributed by atoms with Crippen LogP contribution in [0.2, 0.25) is 0 Å². The standard InChI is InChI=1S/C9H16F3NO3/c1-15-8(14)7(13)3-6-16-5-2-4-9(10,11)12/h7H,2-6,13H2,1H3. The summed E-state index contributed by atoms with van der Waals surface area (Å²) in [7, 11) is 1.21. The molecule has 0 bridgehead atoms. The molecule has 0 rings (SSSR count). The van der Waals surface area contributed by atoms with Crippen LogP contribution in [0.5, 0.6) is 0 Å². The molecule has 0 amide bonds. The minimum absolute atomic E-state index is 0.00734. The number of nitrogens with two attached hydrogens (primary N) is 1. The average molecular weight is 243 g/mol. The lowest BCUT2D eigenvalue weighted by molar-refractivity contribution is -0.142. The van der Waals surface area contributed by atoms with Crippen LogP contribution in [0.4, 0.5) is 13.2 Å². The van der Waals surface area contributed by atoms with E-state index in [-0.39, 0.29) is 26.1 Å². The van der Waals surface area contributed by atoms with Gasteiger partial charge in [0.15, 0.2) is 0 Å². The number of hydrogen-bond donors (Lipinski definition) is 1. The van der Waals surface area contributed by atoms with Crippen molar-refractivity contribution < 1.29 is 27.4 Å². The lowest BCUT2D eigenvalue weighted by atomic mass is 10.2. The predicted octanol–water partition coefficient (Wildman–Crippen LogP) is 1.24. The Hall–Kier alpha value is -0.820. The molecule has 0 aliphatic heterocycles. The molecule has 0 radical (unpaired) electrons. The zero-order valence-electron chi connectivity index (χ0n) is 9.05. The van der Waals surface area contributed by atoms with Crippen molar-refractivity contribution in [2.75, 3.05) is 20.3 Å². The molecule has 0 fully saturated rings. The monoisotopic (exact) mass is 243 g/mol. The molecule has 0 spiro atoms. The summed E-state index contributed by atoms with van der Waals surface area (Å²) in [5, 5.41) is 0. The Balaban J connectivity index is 3.37. The molecule has 16 heavy (non-hydrogen) atoms. The quantitative estimate of drug-likeness (QED) is 0.539. The van der Waals surface area contributed by atoms with Gasteiger partial charge in [0.1, 0.15) is 6.04 Å². The van der Waals surface area contributed by atoms with E-state index in [2.05, 4.69) is 4.74 Å². The summed E-state index contributed by atoms with van der Waals surface area (Å²) in [6, 6.07) is -0.785. The summed E-state index contributed by atoms with van der Waals surface area (Å²) in [6.07, 6.45) is -4.86. The molecule has 0 aromatic carbocycles. The fraction of sp³-hybridized carbons (Fsp3) is 0.889. The number of halogens is 3. The van der Waals surface area contributed by atoms with Crippen molar-refractivity contribution in [2.45, 2.75) is 31.5 Å². The first-order chi connectivity index (χ1) is 7.37. The fourth-order valence-corrected chi connectivity index (χ4v) is 0.956. The number of alkyl halides is 3. The highest BCUT2D eigenvalue weighted by atomic mass is 19.4. The van der Waals surface area contributed by atoms with Gasteiger partial charge in [-0.05, 0) is 12.8 Å². The van der Waals surface area contributed by atoms with Gasteiger partial charge < -0.3 is 15.2 Å². The molecule has 0 aliphatic rings. The van der Waals surface area contributed by atoms with E-state index in [4.69, 9.17) is 10.5 Å². The van der Waals surface area contributed by atoms with Crippen LogP contribution >= 0.6 is 0 Å². The van der Waals surface area contributed by atoms with E-state index in [0.717, 1.165) is 0 Å². The third-order valence-corrected chi connectivity index (χ3v) is 1.83. The summed E-state index contributed by atoms with van der Waals surface area (Å²) in [5.41, 5.74) is 5.38. The fourth-order valence-electron chi connectivity index (χ4n) is 0.956. The molecule has 0 heterocycles. The minimum atomic E-state index is -4.15. The van der Waals surface area contributed by atoms with E-state index in [1.165, 1.54) is 7.11 Å². The number of esters is 1. The van der Waals surface area contributed by atoms with Crippen LogP contribution in [0.1, 0.15) is 19.3 Å². The Morgan fingerprint density at radius 1 is 1.38 bits per heavy atom. The molecule has 0 aromatic rings. The normalized spacial score (nSPS) is 13.6. The third kappa shape index (κ3) is 8.49. The van der Waals surface area contributed by atoms with Crippen LogP contribution in [0.3, 0.4) is 0 Å². The van der Waals surface area contributed by atoms with E-state index in [0.29, 0.717) is 0 Å². The molecule has 7 heteroatoms. The molecule has 0 saturated carbocycles. The Morgan fingerprint density at radius 2 is 2.00 bits per heavy atom. The van der Waals surface area contributed by atoms with Gasteiger partial charge in [-0.2, -0.15) is 13.2 Å². The van der Waals surface area contributed by atoms with Gasteiger partial charge in [-0.25, -0.2) is 0 Å². The number of carbonyl (C=O) groups excluding carboxylic acids is 1. The Morgan fingerprint density at radius 3 is 2.50 bits per heavy atom. The van der Waals surface area contributed by atoms with Gasteiger partial charge in [-0.3, -0.25) is 4.79 Å². The van der Waals surface area contributed by atoms with Crippen LogP contribution in [-0.2, 0) is 14.3 Å². The van der Waals surface area contributed by atoms with Crippen molar-refractivity contribution in [3.05, 3.63) is 0 Å². The molecule has 0 aromatic heterocycles. The van der Waals surface area contributed by atoms with E-state index < -0.39 is 24.6 Å². The zero-order valence-corrected chi connectivity index (χ0v) is 9.05. The van der Waals surface area contributed by atoms with Crippen molar-refractivity contribution in [3.63, 3.8) is 0 Å². The average Bonchev–Trinajstić information content (AvgIpc) is 2.20. The molecular weight excluding hydrogens is 227 g/mol. The van der Waals surface area contributed by atoms with Gasteiger partial charge in [-0.15, -0.1) is 0 Å². The Labute approximate surface area is 91.9 Å². The molecule has 0 aliphatic carbocycles. The van der Waals surface area contributed by atoms with E-state index in [1.807, 2.05) is 0 Å². The molecule has 1 atom stereocenters. The Bertz CT molecular complexity index is 209. The molecule has 96 valence electrons. The van der Waals surface area contributed by atoms with Crippen LogP contribution in [0, 0.1) is 0 Å². The van der Waals surface area contributed by atoms with Crippen molar-refractivity contribution in [3.8, 4) is 0 Å². The largest absolute Gasteiger partial charge is 0.468 e. The zero-order chi connectivity index (χ0) is 12.6. The highest BCUT2D eigenvalue weighted by Crippen LogP contribution is 2.20. The van der Waals surface area contributed by atoms with Gasteiger partial charge in [0.2, 0.25) is 0 Å². The lowest BCUT2D eigenvalue weighted by Gasteiger charge is -2.10. The first-order valence-corrected chi connectivity index (χ1v) is 4.84. The number of carbonyl (C=O) groups is 1. The van der Waals surface area contributed by atoms with E-state index >= 15 is 0 Å². The number of hydrogen-bond acceptors (Lipinski definition) is 4. The van der Waals surface area contributed by atoms with Gasteiger partial charge in [0.05, 0.1) is 7.11 Å². The minimum Gasteiger partial charge on any atom is -0.468 e. The second kappa shape index (κ2) is 7.45. The van der Waals surface area contributed by atoms with Crippen molar-refractivity contribution >= 4 is 5.97 Å². The van der Waals surface area contributed by atoms with Crippen molar-refractivity contribution in [2.24, 2.45) is 5.73 Å². The van der Waals surface area contributed by atoms with Crippen molar-refractivity contribution in [1.82, 2.24) is 0 Å². The highest BCUT2D eigenvalue weighted by molar-refractivity contribution is 5.75.